The van der Waals surface area contributed by atoms with Gasteiger partial charge in [0.2, 0.25) is 11.6 Å². The number of rotatable bonds is 3. The summed E-state index contributed by atoms with van der Waals surface area (Å²) in [5, 5.41) is 0. The third kappa shape index (κ3) is 2.61. The van der Waals surface area contributed by atoms with Gasteiger partial charge in [0.1, 0.15) is 5.56 Å². The van der Waals surface area contributed by atoms with Gasteiger partial charge in [-0.25, -0.2) is 22.0 Å². The van der Waals surface area contributed by atoms with Crippen molar-refractivity contribution in [2.45, 2.75) is 18.0 Å². The van der Waals surface area contributed by atoms with E-state index in [1.807, 2.05) is 0 Å². The number of Topliss-reactive ketones (excluding diaryl/α,β-unsaturated/α-hetero) is 1. The van der Waals surface area contributed by atoms with E-state index < -0.39 is 58.5 Å². The Morgan fingerprint density at radius 1 is 0.609 bits per heavy atom. The SMILES string of the molecule is O=C(c1c(F)c(F)c(F)c(F)c1F)C(F)(F)C(F)(F)C(F)(F)F. The summed E-state index contributed by atoms with van der Waals surface area (Å²) in [5.41, 5.74) is -3.12. The molecule has 0 saturated carbocycles. The summed E-state index contributed by atoms with van der Waals surface area (Å²) in [6, 6.07) is 0. The molecular formula is C10F12O. The molecule has 0 unspecified atom stereocenters. The Hall–Kier alpha value is -1.95. The van der Waals surface area contributed by atoms with Gasteiger partial charge in [0.25, 0.3) is 0 Å². The van der Waals surface area contributed by atoms with Crippen molar-refractivity contribution in [1.82, 2.24) is 0 Å². The fourth-order valence-corrected chi connectivity index (χ4v) is 1.28. The van der Waals surface area contributed by atoms with Crippen LogP contribution in [0.25, 0.3) is 0 Å². The van der Waals surface area contributed by atoms with Crippen molar-refractivity contribution in [3.63, 3.8) is 0 Å². The van der Waals surface area contributed by atoms with Crippen LogP contribution in [0.5, 0.6) is 0 Å². The number of ketones is 1. The highest BCUT2D eigenvalue weighted by Gasteiger charge is 2.76. The quantitative estimate of drug-likeness (QED) is 0.336. The number of benzene rings is 1. The lowest BCUT2D eigenvalue weighted by atomic mass is 9.98. The van der Waals surface area contributed by atoms with Gasteiger partial charge in [0, 0.05) is 0 Å². The molecule has 0 fully saturated rings. The largest absolute Gasteiger partial charge is 0.460 e. The van der Waals surface area contributed by atoms with Crippen LogP contribution < -0.4 is 0 Å². The Bertz CT molecular complexity index is 630. The van der Waals surface area contributed by atoms with E-state index in [2.05, 4.69) is 0 Å². The van der Waals surface area contributed by atoms with Crippen molar-refractivity contribution in [1.29, 1.82) is 0 Å². The van der Waals surface area contributed by atoms with Crippen LogP contribution in [-0.2, 0) is 0 Å². The normalized spacial score (nSPS) is 13.4. The van der Waals surface area contributed by atoms with Crippen LogP contribution >= 0.6 is 0 Å². The van der Waals surface area contributed by atoms with Crippen LogP contribution in [0.3, 0.4) is 0 Å². The van der Waals surface area contributed by atoms with Crippen molar-refractivity contribution in [3.8, 4) is 0 Å². The molecule has 0 aliphatic heterocycles. The molecular weight excluding hydrogens is 364 g/mol. The maximum Gasteiger partial charge on any atom is 0.460 e. The molecule has 0 aromatic heterocycles. The van der Waals surface area contributed by atoms with Crippen LogP contribution in [0.4, 0.5) is 52.7 Å². The molecule has 0 bridgehead atoms. The maximum atomic E-state index is 13.1. The van der Waals surface area contributed by atoms with Crippen molar-refractivity contribution in [2.24, 2.45) is 0 Å². The minimum Gasteiger partial charge on any atom is -0.287 e. The van der Waals surface area contributed by atoms with Gasteiger partial charge in [-0.1, -0.05) is 0 Å². The van der Waals surface area contributed by atoms with Gasteiger partial charge in [0.15, 0.2) is 23.3 Å². The minimum absolute atomic E-state index is 2.93. The number of carbonyl (C=O) groups is 1. The monoisotopic (exact) mass is 364 g/mol. The Kier molecular flexibility index (Phi) is 4.40. The van der Waals surface area contributed by atoms with E-state index in [0.717, 1.165) is 0 Å². The van der Waals surface area contributed by atoms with Crippen LogP contribution in [-0.4, -0.2) is 23.8 Å². The summed E-state index contributed by atoms with van der Waals surface area (Å²) in [7, 11) is 0. The zero-order chi connectivity index (χ0) is 18.5. The lowest BCUT2D eigenvalue weighted by Gasteiger charge is -2.27. The molecule has 0 atom stereocenters. The zero-order valence-electron chi connectivity index (χ0n) is 9.94. The van der Waals surface area contributed by atoms with Gasteiger partial charge in [-0.15, -0.1) is 0 Å². The van der Waals surface area contributed by atoms with E-state index in [1.54, 1.807) is 0 Å². The van der Waals surface area contributed by atoms with Crippen molar-refractivity contribution in [2.75, 3.05) is 0 Å². The predicted molar refractivity (Wildman–Crippen MR) is 46.5 cm³/mol. The van der Waals surface area contributed by atoms with Crippen molar-refractivity contribution >= 4 is 5.78 Å². The van der Waals surface area contributed by atoms with Gasteiger partial charge >= 0.3 is 18.0 Å². The molecule has 23 heavy (non-hydrogen) atoms. The Morgan fingerprint density at radius 3 is 1.22 bits per heavy atom. The Labute approximate surface area is 117 Å². The minimum atomic E-state index is -7.13. The molecule has 1 rings (SSSR count). The first-order chi connectivity index (χ1) is 10.1. The predicted octanol–water partition coefficient (Wildman–Crippen LogP) is 4.40. The van der Waals surface area contributed by atoms with E-state index in [-0.39, 0.29) is 0 Å². The first kappa shape index (κ1) is 19.1. The molecule has 1 aromatic carbocycles. The van der Waals surface area contributed by atoms with Gasteiger partial charge < -0.3 is 0 Å². The molecule has 13 heteroatoms. The summed E-state index contributed by atoms with van der Waals surface area (Å²) in [4.78, 5) is 11.0. The average Bonchev–Trinajstić information content (AvgIpc) is 2.41. The first-order valence-electron chi connectivity index (χ1n) is 4.97. The van der Waals surface area contributed by atoms with Gasteiger partial charge in [0.05, 0.1) is 0 Å². The number of alkyl halides is 7. The summed E-state index contributed by atoms with van der Waals surface area (Å²) in [5.74, 6) is -33.3. The standard InChI is InChI=1S/C10F12O/c11-2-1(3(12)5(14)6(15)4(2)13)7(23)8(16,17)9(18,19)10(20,21)22. The Morgan fingerprint density at radius 2 is 0.913 bits per heavy atom. The second-order valence-corrected chi connectivity index (χ2v) is 3.92. The third-order valence-corrected chi connectivity index (χ3v) is 2.47. The average molecular weight is 364 g/mol. The number of halogens is 12. The first-order valence-corrected chi connectivity index (χ1v) is 4.97. The van der Waals surface area contributed by atoms with E-state index in [4.69, 9.17) is 0 Å². The molecule has 0 N–H and O–H groups in total. The second-order valence-electron chi connectivity index (χ2n) is 3.92. The molecule has 0 amide bonds. The highest BCUT2D eigenvalue weighted by atomic mass is 19.4. The molecule has 1 nitrogen and oxygen atoms in total. The summed E-state index contributed by atoms with van der Waals surface area (Å²) in [6.45, 7) is 0. The highest BCUT2D eigenvalue weighted by molar-refractivity contribution is 6.02. The molecule has 0 aliphatic rings. The summed E-state index contributed by atoms with van der Waals surface area (Å²) >= 11 is 0. The van der Waals surface area contributed by atoms with Crippen LogP contribution in [0.15, 0.2) is 0 Å². The fourth-order valence-electron chi connectivity index (χ4n) is 1.28. The fraction of sp³-hybridized carbons (Fsp3) is 0.300. The molecule has 0 saturated heterocycles. The second kappa shape index (κ2) is 5.30. The summed E-state index contributed by atoms with van der Waals surface area (Å²) < 4.78 is 151. The smallest absolute Gasteiger partial charge is 0.287 e. The molecule has 0 aliphatic carbocycles. The zero-order valence-corrected chi connectivity index (χ0v) is 9.94. The third-order valence-electron chi connectivity index (χ3n) is 2.47. The lowest BCUT2D eigenvalue weighted by molar-refractivity contribution is -0.339. The maximum absolute atomic E-state index is 13.1. The molecule has 0 spiro atoms. The molecule has 0 radical (unpaired) electrons. The van der Waals surface area contributed by atoms with E-state index >= 15 is 0 Å². The van der Waals surface area contributed by atoms with E-state index in [1.165, 1.54) is 0 Å². The van der Waals surface area contributed by atoms with E-state index in [9.17, 15) is 57.5 Å². The van der Waals surface area contributed by atoms with Gasteiger partial charge in [-0.05, 0) is 0 Å². The molecule has 130 valence electrons. The van der Waals surface area contributed by atoms with Crippen LogP contribution in [0.1, 0.15) is 10.4 Å². The Balaban J connectivity index is 3.65. The van der Waals surface area contributed by atoms with Crippen molar-refractivity contribution < 1.29 is 57.5 Å². The topological polar surface area (TPSA) is 17.1 Å². The van der Waals surface area contributed by atoms with E-state index in [0.29, 0.717) is 0 Å². The summed E-state index contributed by atoms with van der Waals surface area (Å²) in [6.07, 6.45) is -7.05. The highest BCUT2D eigenvalue weighted by Crippen LogP contribution is 2.48. The van der Waals surface area contributed by atoms with Crippen LogP contribution in [0, 0.1) is 29.1 Å². The number of hydrogen-bond donors (Lipinski definition) is 0. The lowest BCUT2D eigenvalue weighted by Crippen LogP contribution is -2.56. The number of carbonyl (C=O) groups excluding carboxylic acids is 1. The van der Waals surface area contributed by atoms with Crippen molar-refractivity contribution in [3.05, 3.63) is 34.6 Å². The van der Waals surface area contributed by atoms with Gasteiger partial charge in [-0.2, -0.15) is 30.7 Å². The number of hydrogen-bond acceptors (Lipinski definition) is 1. The van der Waals surface area contributed by atoms with Gasteiger partial charge in [-0.3, -0.25) is 4.79 Å². The molecule has 0 heterocycles. The molecule has 1 aromatic rings. The van der Waals surface area contributed by atoms with Crippen LogP contribution in [0.2, 0.25) is 0 Å².